The molecule has 94 valence electrons. The Morgan fingerprint density at radius 1 is 1.56 bits per heavy atom. The van der Waals surface area contributed by atoms with Gasteiger partial charge in [0.1, 0.15) is 0 Å². The van der Waals surface area contributed by atoms with Crippen molar-refractivity contribution in [3.8, 4) is 0 Å². The third-order valence-corrected chi connectivity index (χ3v) is 2.98. The number of hydrogen-bond acceptors (Lipinski definition) is 3. The summed E-state index contributed by atoms with van der Waals surface area (Å²) in [7, 11) is 0. The number of carbonyl (C=O) groups excluding carboxylic acids is 1. The minimum atomic E-state index is 0.123. The van der Waals surface area contributed by atoms with Gasteiger partial charge in [0, 0.05) is 19.7 Å². The zero-order valence-electron chi connectivity index (χ0n) is 10.4. The SMILES string of the molecule is CC(C)CNC(=O)CN1CCC(CCO)C1. The van der Waals surface area contributed by atoms with E-state index in [1.54, 1.807) is 0 Å². The molecular weight excluding hydrogens is 204 g/mol. The molecule has 1 fully saturated rings. The molecule has 0 aromatic heterocycles. The molecule has 1 saturated heterocycles. The lowest BCUT2D eigenvalue weighted by Crippen LogP contribution is -2.37. The summed E-state index contributed by atoms with van der Waals surface area (Å²) in [5.41, 5.74) is 0. The van der Waals surface area contributed by atoms with Crippen LogP contribution in [0.5, 0.6) is 0 Å². The minimum absolute atomic E-state index is 0.123. The smallest absolute Gasteiger partial charge is 0.234 e. The molecule has 0 spiro atoms. The number of likely N-dealkylation sites (tertiary alicyclic amines) is 1. The van der Waals surface area contributed by atoms with Gasteiger partial charge in [-0.1, -0.05) is 13.8 Å². The highest BCUT2D eigenvalue weighted by Crippen LogP contribution is 2.18. The van der Waals surface area contributed by atoms with E-state index in [9.17, 15) is 4.79 Å². The third kappa shape index (κ3) is 4.94. The van der Waals surface area contributed by atoms with Crippen molar-refractivity contribution < 1.29 is 9.90 Å². The quantitative estimate of drug-likeness (QED) is 0.694. The Hall–Kier alpha value is -0.610. The Kier molecular flexibility index (Phi) is 5.77. The predicted molar refractivity (Wildman–Crippen MR) is 64.1 cm³/mol. The van der Waals surface area contributed by atoms with Crippen molar-refractivity contribution in [1.29, 1.82) is 0 Å². The average Bonchev–Trinajstić information content (AvgIpc) is 2.63. The van der Waals surface area contributed by atoms with Gasteiger partial charge in [0.2, 0.25) is 5.91 Å². The van der Waals surface area contributed by atoms with Crippen LogP contribution in [0, 0.1) is 11.8 Å². The summed E-state index contributed by atoms with van der Waals surface area (Å²) in [5, 5.41) is 11.8. The van der Waals surface area contributed by atoms with Gasteiger partial charge in [-0.05, 0) is 31.2 Å². The lowest BCUT2D eigenvalue weighted by Gasteiger charge is -2.16. The van der Waals surface area contributed by atoms with Gasteiger partial charge in [-0.15, -0.1) is 0 Å². The largest absolute Gasteiger partial charge is 0.396 e. The molecule has 4 nitrogen and oxygen atoms in total. The van der Waals surface area contributed by atoms with E-state index in [2.05, 4.69) is 24.1 Å². The molecule has 1 amide bonds. The van der Waals surface area contributed by atoms with Crippen LogP contribution in [-0.2, 0) is 4.79 Å². The van der Waals surface area contributed by atoms with Crippen molar-refractivity contribution in [2.24, 2.45) is 11.8 Å². The summed E-state index contributed by atoms with van der Waals surface area (Å²) in [5.74, 6) is 1.20. The van der Waals surface area contributed by atoms with Crippen LogP contribution in [-0.4, -0.2) is 48.7 Å². The maximum atomic E-state index is 11.6. The Morgan fingerprint density at radius 2 is 2.31 bits per heavy atom. The van der Waals surface area contributed by atoms with Crippen molar-refractivity contribution in [1.82, 2.24) is 10.2 Å². The van der Waals surface area contributed by atoms with Crippen LogP contribution < -0.4 is 5.32 Å². The standard InChI is InChI=1S/C12H24N2O2/c1-10(2)7-13-12(16)9-14-5-3-11(8-14)4-6-15/h10-11,15H,3-9H2,1-2H3,(H,13,16). The summed E-state index contributed by atoms with van der Waals surface area (Å²) < 4.78 is 0. The number of amides is 1. The number of carbonyl (C=O) groups is 1. The second-order valence-corrected chi connectivity index (χ2v) is 5.10. The first-order valence-electron chi connectivity index (χ1n) is 6.21. The van der Waals surface area contributed by atoms with Gasteiger partial charge in [0.15, 0.2) is 0 Å². The summed E-state index contributed by atoms with van der Waals surface area (Å²) >= 11 is 0. The maximum absolute atomic E-state index is 11.6. The van der Waals surface area contributed by atoms with Crippen LogP contribution >= 0.6 is 0 Å². The van der Waals surface area contributed by atoms with Crippen LogP contribution in [0.4, 0.5) is 0 Å². The molecule has 1 unspecified atom stereocenters. The Labute approximate surface area is 98.0 Å². The lowest BCUT2D eigenvalue weighted by atomic mass is 10.1. The predicted octanol–water partition coefficient (Wildman–Crippen LogP) is 0.463. The Bertz CT molecular complexity index is 219. The zero-order chi connectivity index (χ0) is 12.0. The number of nitrogens with one attached hydrogen (secondary N) is 1. The maximum Gasteiger partial charge on any atom is 0.234 e. The number of aliphatic hydroxyl groups excluding tert-OH is 1. The fourth-order valence-corrected chi connectivity index (χ4v) is 2.05. The van der Waals surface area contributed by atoms with Gasteiger partial charge >= 0.3 is 0 Å². The molecule has 4 heteroatoms. The summed E-state index contributed by atoms with van der Waals surface area (Å²) in [6.07, 6.45) is 1.97. The van der Waals surface area contributed by atoms with Crippen LogP contribution in [0.25, 0.3) is 0 Å². The number of hydrogen-bond donors (Lipinski definition) is 2. The fourth-order valence-electron chi connectivity index (χ4n) is 2.05. The number of rotatable bonds is 6. The highest BCUT2D eigenvalue weighted by molar-refractivity contribution is 5.78. The minimum Gasteiger partial charge on any atom is -0.396 e. The highest BCUT2D eigenvalue weighted by atomic mass is 16.3. The second kappa shape index (κ2) is 6.86. The van der Waals surface area contributed by atoms with Crippen molar-refractivity contribution in [2.45, 2.75) is 26.7 Å². The van der Waals surface area contributed by atoms with E-state index >= 15 is 0 Å². The van der Waals surface area contributed by atoms with E-state index in [0.29, 0.717) is 18.4 Å². The summed E-state index contributed by atoms with van der Waals surface area (Å²) in [4.78, 5) is 13.7. The molecule has 0 aliphatic carbocycles. The Balaban J connectivity index is 2.15. The first-order valence-corrected chi connectivity index (χ1v) is 6.21. The van der Waals surface area contributed by atoms with E-state index in [-0.39, 0.29) is 12.5 Å². The first-order chi connectivity index (χ1) is 7.61. The Morgan fingerprint density at radius 3 is 2.94 bits per heavy atom. The molecule has 1 aliphatic rings. The zero-order valence-corrected chi connectivity index (χ0v) is 10.4. The van der Waals surface area contributed by atoms with Crippen molar-refractivity contribution >= 4 is 5.91 Å². The molecule has 1 rings (SSSR count). The van der Waals surface area contributed by atoms with E-state index in [1.807, 2.05) is 0 Å². The van der Waals surface area contributed by atoms with Gasteiger partial charge in [0.05, 0.1) is 6.54 Å². The highest BCUT2D eigenvalue weighted by Gasteiger charge is 2.23. The topological polar surface area (TPSA) is 52.6 Å². The van der Waals surface area contributed by atoms with E-state index in [0.717, 1.165) is 32.5 Å². The summed E-state index contributed by atoms with van der Waals surface area (Å²) in [6.45, 7) is 7.65. The lowest BCUT2D eigenvalue weighted by molar-refractivity contribution is -0.122. The molecule has 1 aliphatic heterocycles. The van der Waals surface area contributed by atoms with E-state index < -0.39 is 0 Å². The summed E-state index contributed by atoms with van der Waals surface area (Å²) in [6, 6.07) is 0. The first kappa shape index (κ1) is 13.5. The van der Waals surface area contributed by atoms with Crippen molar-refractivity contribution in [3.05, 3.63) is 0 Å². The number of nitrogens with zero attached hydrogens (tertiary/aromatic N) is 1. The van der Waals surface area contributed by atoms with Crippen LogP contribution in [0.2, 0.25) is 0 Å². The molecule has 0 aromatic rings. The van der Waals surface area contributed by atoms with Gasteiger partial charge in [-0.25, -0.2) is 0 Å². The molecule has 2 N–H and O–H groups in total. The molecule has 1 atom stereocenters. The normalized spacial score (nSPS) is 21.6. The molecular formula is C12H24N2O2. The van der Waals surface area contributed by atoms with Crippen molar-refractivity contribution in [3.63, 3.8) is 0 Å². The molecule has 0 bridgehead atoms. The number of aliphatic hydroxyl groups is 1. The molecule has 0 saturated carbocycles. The van der Waals surface area contributed by atoms with E-state index in [1.165, 1.54) is 0 Å². The van der Waals surface area contributed by atoms with Gasteiger partial charge in [0.25, 0.3) is 0 Å². The molecule has 1 heterocycles. The van der Waals surface area contributed by atoms with Gasteiger partial charge in [-0.2, -0.15) is 0 Å². The molecule has 0 radical (unpaired) electrons. The monoisotopic (exact) mass is 228 g/mol. The van der Waals surface area contributed by atoms with Crippen molar-refractivity contribution in [2.75, 3.05) is 32.8 Å². The molecule has 16 heavy (non-hydrogen) atoms. The average molecular weight is 228 g/mol. The van der Waals surface area contributed by atoms with Gasteiger partial charge in [-0.3, -0.25) is 9.69 Å². The van der Waals surface area contributed by atoms with E-state index in [4.69, 9.17) is 5.11 Å². The van der Waals surface area contributed by atoms with Crippen LogP contribution in [0.3, 0.4) is 0 Å². The third-order valence-electron chi connectivity index (χ3n) is 2.98. The van der Waals surface area contributed by atoms with Crippen LogP contribution in [0.1, 0.15) is 26.7 Å². The second-order valence-electron chi connectivity index (χ2n) is 5.10. The fraction of sp³-hybridized carbons (Fsp3) is 0.917. The molecule has 0 aromatic carbocycles. The van der Waals surface area contributed by atoms with Crippen LogP contribution in [0.15, 0.2) is 0 Å². The van der Waals surface area contributed by atoms with Gasteiger partial charge < -0.3 is 10.4 Å².